The first-order chi connectivity index (χ1) is 16.2. The minimum atomic E-state index is -0.444. The molecule has 0 aliphatic heterocycles. The maximum atomic E-state index is 12.4. The number of esters is 2. The topological polar surface area (TPSA) is 65.7 Å². The van der Waals surface area contributed by atoms with E-state index in [0.29, 0.717) is 24.3 Å². The van der Waals surface area contributed by atoms with Crippen LogP contribution in [-0.4, -0.2) is 25.2 Å². The van der Waals surface area contributed by atoms with Crippen LogP contribution in [0.5, 0.6) is 0 Å². The number of carbonyl (C=O) groups is 2. The van der Waals surface area contributed by atoms with Gasteiger partial charge in [0, 0.05) is 17.1 Å². The van der Waals surface area contributed by atoms with E-state index >= 15 is 0 Å². The van der Waals surface area contributed by atoms with E-state index in [1.165, 1.54) is 51.4 Å². The zero-order valence-corrected chi connectivity index (χ0v) is 22.1. The van der Waals surface area contributed by atoms with Crippen LogP contribution in [0, 0.1) is 0 Å². The summed E-state index contributed by atoms with van der Waals surface area (Å²) in [6, 6.07) is 10.4. The standard InChI is InChI=1S/C24H38O4.C4H4O.Mn/c1-3-5-7-9-11-15-19-27-23(25)21-17-13-14-18-22(21)24(26)28-20-16-12-10-8-6-4-2;1-2-4-5-3-1;/h13-14,17-18H,3-12,15-16,19-20H2,1-2H3;1-4H;. The number of benzene rings is 1. The van der Waals surface area contributed by atoms with Crippen LogP contribution in [0.15, 0.2) is 53.3 Å². The average molecular weight is 514 g/mol. The monoisotopic (exact) mass is 513 g/mol. The van der Waals surface area contributed by atoms with Gasteiger partial charge in [-0.15, -0.1) is 0 Å². The number of unbranched alkanes of at least 4 members (excludes halogenated alkanes) is 10. The van der Waals surface area contributed by atoms with Crippen LogP contribution in [0.25, 0.3) is 0 Å². The van der Waals surface area contributed by atoms with Gasteiger partial charge in [-0.2, -0.15) is 0 Å². The molecule has 0 saturated heterocycles. The number of ether oxygens (including phenoxy) is 2. The SMILES string of the molecule is CCCCCCCCOC(=O)c1ccccc1C(=O)OCCCCCCCC.[Mn].c1ccoc1. The van der Waals surface area contributed by atoms with Gasteiger partial charge in [0.2, 0.25) is 0 Å². The number of furan rings is 1. The van der Waals surface area contributed by atoms with Crippen molar-refractivity contribution in [1.29, 1.82) is 0 Å². The van der Waals surface area contributed by atoms with Crippen LogP contribution in [0.3, 0.4) is 0 Å². The summed E-state index contributed by atoms with van der Waals surface area (Å²) in [5.74, 6) is -0.888. The molecule has 0 fully saturated rings. The Balaban J connectivity index is 0.00000160. The molecular weight excluding hydrogens is 471 g/mol. The van der Waals surface area contributed by atoms with Crippen molar-refractivity contribution in [3.63, 3.8) is 0 Å². The van der Waals surface area contributed by atoms with Gasteiger partial charge < -0.3 is 13.9 Å². The van der Waals surface area contributed by atoms with Gasteiger partial charge in [0.1, 0.15) is 0 Å². The van der Waals surface area contributed by atoms with Gasteiger partial charge in [-0.25, -0.2) is 9.59 Å². The van der Waals surface area contributed by atoms with E-state index in [0.717, 1.165) is 25.7 Å². The molecule has 1 heterocycles. The summed E-state index contributed by atoms with van der Waals surface area (Å²) in [6.07, 6.45) is 16.9. The summed E-state index contributed by atoms with van der Waals surface area (Å²) in [5, 5.41) is 0. The predicted molar refractivity (Wildman–Crippen MR) is 132 cm³/mol. The van der Waals surface area contributed by atoms with Crippen molar-refractivity contribution >= 4 is 11.9 Å². The first kappa shape index (κ1) is 32.0. The van der Waals surface area contributed by atoms with E-state index in [9.17, 15) is 9.59 Å². The Morgan fingerprint density at radius 2 is 1.00 bits per heavy atom. The van der Waals surface area contributed by atoms with Gasteiger partial charge in [-0.05, 0) is 37.1 Å². The fourth-order valence-corrected chi connectivity index (χ4v) is 3.32. The number of hydrogen-bond donors (Lipinski definition) is 0. The molecule has 0 saturated carbocycles. The van der Waals surface area contributed by atoms with Crippen LogP contribution in [0.4, 0.5) is 0 Å². The molecule has 0 N–H and O–H groups in total. The molecule has 6 heteroatoms. The molecule has 34 heavy (non-hydrogen) atoms. The summed E-state index contributed by atoms with van der Waals surface area (Å²) in [6.45, 7) is 5.17. The second-order valence-corrected chi connectivity index (χ2v) is 8.15. The fourth-order valence-electron chi connectivity index (χ4n) is 3.32. The van der Waals surface area contributed by atoms with Gasteiger partial charge in [0.05, 0.1) is 36.9 Å². The van der Waals surface area contributed by atoms with E-state index in [2.05, 4.69) is 18.3 Å². The molecule has 0 bridgehead atoms. The average Bonchev–Trinajstić information content (AvgIpc) is 3.43. The molecule has 191 valence electrons. The van der Waals surface area contributed by atoms with E-state index < -0.39 is 11.9 Å². The molecule has 1 aromatic heterocycles. The molecule has 0 atom stereocenters. The summed E-state index contributed by atoms with van der Waals surface area (Å²) >= 11 is 0. The Kier molecular flexibility index (Phi) is 21.4. The molecule has 2 aromatic rings. The van der Waals surface area contributed by atoms with Gasteiger partial charge in [-0.3, -0.25) is 0 Å². The molecule has 2 rings (SSSR count). The number of carbonyl (C=O) groups excluding carboxylic acids is 2. The van der Waals surface area contributed by atoms with E-state index in [1.807, 2.05) is 12.1 Å². The molecule has 1 radical (unpaired) electrons. The summed E-state index contributed by atoms with van der Waals surface area (Å²) in [7, 11) is 0. The van der Waals surface area contributed by atoms with Gasteiger partial charge in [0.15, 0.2) is 0 Å². The smallest absolute Gasteiger partial charge is 0.339 e. The zero-order valence-electron chi connectivity index (χ0n) is 20.9. The first-order valence-corrected chi connectivity index (χ1v) is 12.6. The fraction of sp³-hybridized carbons (Fsp3) is 0.571. The number of rotatable bonds is 16. The van der Waals surface area contributed by atoms with E-state index in [4.69, 9.17) is 9.47 Å². The van der Waals surface area contributed by atoms with Crippen LogP contribution in [0.1, 0.15) is 112 Å². The normalized spacial score (nSPS) is 9.94. The molecule has 0 spiro atoms. The maximum absolute atomic E-state index is 12.4. The second kappa shape index (κ2) is 22.7. The Bertz CT molecular complexity index is 664. The molecule has 1 aromatic carbocycles. The largest absolute Gasteiger partial charge is 0.473 e. The van der Waals surface area contributed by atoms with Crippen molar-refractivity contribution in [2.75, 3.05) is 13.2 Å². The van der Waals surface area contributed by atoms with Gasteiger partial charge >= 0.3 is 11.9 Å². The van der Waals surface area contributed by atoms with E-state index in [1.54, 1.807) is 36.8 Å². The minimum absolute atomic E-state index is 0. The van der Waals surface area contributed by atoms with Crippen LogP contribution in [0.2, 0.25) is 0 Å². The maximum Gasteiger partial charge on any atom is 0.339 e. The van der Waals surface area contributed by atoms with Crippen molar-refractivity contribution < 1.29 is 40.5 Å². The van der Waals surface area contributed by atoms with Crippen molar-refractivity contribution in [3.05, 3.63) is 60.1 Å². The molecular formula is C28H42MnO5. The zero-order chi connectivity index (χ0) is 24.0. The molecule has 0 amide bonds. The van der Waals surface area contributed by atoms with E-state index in [-0.39, 0.29) is 17.1 Å². The van der Waals surface area contributed by atoms with Crippen molar-refractivity contribution in [2.24, 2.45) is 0 Å². The third-order valence-corrected chi connectivity index (χ3v) is 5.25. The Labute approximate surface area is 216 Å². The Hall–Kier alpha value is -2.04. The third kappa shape index (κ3) is 15.7. The van der Waals surface area contributed by atoms with Gasteiger partial charge in [0.25, 0.3) is 0 Å². The molecule has 0 aliphatic carbocycles. The summed E-state index contributed by atoms with van der Waals surface area (Å²) in [5.41, 5.74) is 0.586. The Morgan fingerprint density at radius 1 is 0.618 bits per heavy atom. The van der Waals surface area contributed by atoms with Crippen molar-refractivity contribution in [3.8, 4) is 0 Å². The molecule has 0 unspecified atom stereocenters. The predicted octanol–water partition coefficient (Wildman–Crippen LogP) is 8.00. The summed E-state index contributed by atoms with van der Waals surface area (Å²) < 4.78 is 15.3. The van der Waals surface area contributed by atoms with Crippen LogP contribution < -0.4 is 0 Å². The van der Waals surface area contributed by atoms with Gasteiger partial charge in [-0.1, -0.05) is 90.2 Å². The van der Waals surface area contributed by atoms with Crippen LogP contribution >= 0.6 is 0 Å². The summed E-state index contributed by atoms with van der Waals surface area (Å²) in [4.78, 5) is 24.7. The Morgan fingerprint density at radius 3 is 1.35 bits per heavy atom. The third-order valence-electron chi connectivity index (χ3n) is 5.25. The van der Waals surface area contributed by atoms with Crippen molar-refractivity contribution in [2.45, 2.75) is 90.9 Å². The number of hydrogen-bond acceptors (Lipinski definition) is 5. The van der Waals surface area contributed by atoms with Crippen LogP contribution in [-0.2, 0) is 26.5 Å². The van der Waals surface area contributed by atoms with Crippen molar-refractivity contribution in [1.82, 2.24) is 0 Å². The minimum Gasteiger partial charge on any atom is -0.473 e. The second-order valence-electron chi connectivity index (χ2n) is 8.15. The first-order valence-electron chi connectivity index (χ1n) is 12.6. The molecule has 5 nitrogen and oxygen atoms in total. The quantitative estimate of drug-likeness (QED) is 0.129. The molecule has 0 aliphatic rings.